The fourth-order valence-corrected chi connectivity index (χ4v) is 2.52. The Morgan fingerprint density at radius 1 is 1.22 bits per heavy atom. The van der Waals surface area contributed by atoms with E-state index < -0.39 is 0 Å². The minimum Gasteiger partial charge on any atom is -0.329 e. The third kappa shape index (κ3) is 1.79. The van der Waals surface area contributed by atoms with E-state index in [9.17, 15) is 0 Å². The van der Waals surface area contributed by atoms with E-state index in [4.69, 9.17) is 5.73 Å². The quantitative estimate of drug-likeness (QED) is 0.893. The number of nitrogens with zero attached hydrogens (tertiary/aromatic N) is 4. The number of aromatic nitrogens is 4. The predicted octanol–water partition coefficient (Wildman–Crippen LogP) is 1.76. The van der Waals surface area contributed by atoms with E-state index >= 15 is 0 Å². The summed E-state index contributed by atoms with van der Waals surface area (Å²) in [5.74, 6) is 1.61. The Kier molecular flexibility index (Phi) is 3.34. The molecule has 2 aromatic heterocycles. The van der Waals surface area contributed by atoms with Crippen molar-refractivity contribution in [2.24, 2.45) is 5.73 Å². The van der Waals surface area contributed by atoms with Gasteiger partial charge >= 0.3 is 0 Å². The summed E-state index contributed by atoms with van der Waals surface area (Å²) in [6, 6.07) is 2.05. The number of hydrogen-bond acceptors (Lipinski definition) is 4. The normalized spacial score (nSPS) is 12.3. The molecule has 0 radical (unpaired) electrons. The lowest BCUT2D eigenvalue weighted by molar-refractivity contribution is 0.378. The molecule has 2 N–H and O–H groups in total. The molecule has 0 unspecified atom stereocenters. The topological polar surface area (TPSA) is 69.1 Å². The van der Waals surface area contributed by atoms with Gasteiger partial charge in [0.15, 0.2) is 0 Å². The molecule has 98 valence electrons. The van der Waals surface area contributed by atoms with E-state index in [1.807, 2.05) is 17.4 Å². The van der Waals surface area contributed by atoms with E-state index in [0.29, 0.717) is 12.3 Å². The molecule has 5 heteroatoms. The van der Waals surface area contributed by atoms with Crippen LogP contribution in [-0.4, -0.2) is 26.1 Å². The van der Waals surface area contributed by atoms with Gasteiger partial charge in [-0.15, -0.1) is 10.2 Å². The fraction of sp³-hybridized carbons (Fsp3) is 0.615. The molecule has 0 saturated carbocycles. The summed E-state index contributed by atoms with van der Waals surface area (Å²) in [5.41, 5.74) is 7.95. The Morgan fingerprint density at radius 3 is 2.44 bits per heavy atom. The van der Waals surface area contributed by atoms with E-state index in [1.165, 1.54) is 0 Å². The van der Waals surface area contributed by atoms with Gasteiger partial charge in [-0.3, -0.25) is 4.40 Å². The van der Waals surface area contributed by atoms with Crippen LogP contribution in [0.5, 0.6) is 0 Å². The first-order chi connectivity index (χ1) is 8.57. The van der Waals surface area contributed by atoms with Crippen molar-refractivity contribution in [3.05, 3.63) is 23.3 Å². The van der Waals surface area contributed by atoms with Crippen molar-refractivity contribution in [3.8, 4) is 0 Å². The van der Waals surface area contributed by atoms with Gasteiger partial charge in [0.2, 0.25) is 0 Å². The van der Waals surface area contributed by atoms with Gasteiger partial charge in [-0.1, -0.05) is 13.8 Å². The van der Waals surface area contributed by atoms with E-state index in [-0.39, 0.29) is 5.41 Å². The maximum Gasteiger partial charge on any atom is 0.255 e. The standard InChI is InChI=1S/C13H21N5/c1-5-13(6-2,8-14)11-16-17-12-15-9(3)7-10(4)18(11)12/h7H,5-6,8,14H2,1-4H3. The highest BCUT2D eigenvalue weighted by Gasteiger charge is 2.32. The summed E-state index contributed by atoms with van der Waals surface area (Å²) in [7, 11) is 0. The Hall–Kier alpha value is -1.49. The van der Waals surface area contributed by atoms with Crippen molar-refractivity contribution >= 4 is 5.78 Å². The molecular formula is C13H21N5. The predicted molar refractivity (Wildman–Crippen MR) is 71.6 cm³/mol. The second kappa shape index (κ2) is 4.65. The van der Waals surface area contributed by atoms with Crippen LogP contribution < -0.4 is 5.73 Å². The maximum absolute atomic E-state index is 5.99. The van der Waals surface area contributed by atoms with Gasteiger partial charge in [0.1, 0.15) is 5.82 Å². The molecule has 5 nitrogen and oxygen atoms in total. The highest BCUT2D eigenvalue weighted by molar-refractivity contribution is 5.34. The van der Waals surface area contributed by atoms with Crippen molar-refractivity contribution in [1.82, 2.24) is 19.6 Å². The minimum absolute atomic E-state index is 0.110. The molecule has 0 saturated heterocycles. The van der Waals surface area contributed by atoms with Gasteiger partial charge in [-0.2, -0.15) is 0 Å². The SMILES string of the molecule is CCC(CC)(CN)c1nnc2nc(C)cc(C)n12. The second-order valence-corrected chi connectivity index (χ2v) is 4.89. The van der Waals surface area contributed by atoms with E-state index in [2.05, 4.69) is 36.0 Å². The molecule has 18 heavy (non-hydrogen) atoms. The van der Waals surface area contributed by atoms with Crippen LogP contribution in [0.2, 0.25) is 0 Å². The van der Waals surface area contributed by atoms with Gasteiger partial charge in [0.25, 0.3) is 5.78 Å². The van der Waals surface area contributed by atoms with Crippen molar-refractivity contribution in [1.29, 1.82) is 0 Å². The van der Waals surface area contributed by atoms with Gasteiger partial charge < -0.3 is 5.73 Å². The Morgan fingerprint density at radius 2 is 1.89 bits per heavy atom. The lowest BCUT2D eigenvalue weighted by atomic mass is 9.81. The summed E-state index contributed by atoms with van der Waals surface area (Å²) in [4.78, 5) is 4.42. The maximum atomic E-state index is 5.99. The molecule has 2 aromatic rings. The Balaban J connectivity index is 2.72. The summed E-state index contributed by atoms with van der Waals surface area (Å²) in [5, 5.41) is 8.55. The van der Waals surface area contributed by atoms with Crippen LogP contribution >= 0.6 is 0 Å². The highest BCUT2D eigenvalue weighted by atomic mass is 15.3. The third-order valence-corrected chi connectivity index (χ3v) is 3.91. The molecular weight excluding hydrogens is 226 g/mol. The molecule has 0 aliphatic carbocycles. The molecule has 0 spiro atoms. The summed E-state index contributed by atoms with van der Waals surface area (Å²) < 4.78 is 2.03. The number of hydrogen-bond donors (Lipinski definition) is 1. The number of rotatable bonds is 4. The molecule has 0 amide bonds. The third-order valence-electron chi connectivity index (χ3n) is 3.91. The highest BCUT2D eigenvalue weighted by Crippen LogP contribution is 2.29. The number of aryl methyl sites for hydroxylation is 2. The number of nitrogens with two attached hydrogens (primary N) is 1. The van der Waals surface area contributed by atoms with Crippen molar-refractivity contribution < 1.29 is 0 Å². The summed E-state index contributed by atoms with van der Waals surface area (Å²) in [6.07, 6.45) is 1.90. The monoisotopic (exact) mass is 247 g/mol. The molecule has 2 heterocycles. The fourth-order valence-electron chi connectivity index (χ4n) is 2.52. The number of fused-ring (bicyclic) bond motifs is 1. The van der Waals surface area contributed by atoms with Crippen LogP contribution in [-0.2, 0) is 5.41 Å². The van der Waals surface area contributed by atoms with Crippen LogP contribution in [0.25, 0.3) is 5.78 Å². The zero-order valence-electron chi connectivity index (χ0n) is 11.6. The lowest BCUT2D eigenvalue weighted by Gasteiger charge is -2.28. The van der Waals surface area contributed by atoms with Crippen LogP contribution in [0.4, 0.5) is 0 Å². The average Bonchev–Trinajstić information content (AvgIpc) is 2.77. The zero-order valence-corrected chi connectivity index (χ0v) is 11.6. The van der Waals surface area contributed by atoms with Crippen molar-refractivity contribution in [2.75, 3.05) is 6.54 Å². The largest absolute Gasteiger partial charge is 0.329 e. The lowest BCUT2D eigenvalue weighted by Crippen LogP contribution is -2.36. The molecule has 2 rings (SSSR count). The van der Waals surface area contributed by atoms with Crippen LogP contribution in [0.1, 0.15) is 43.9 Å². The zero-order chi connectivity index (χ0) is 13.3. The first kappa shape index (κ1) is 13.0. The molecule has 0 aliphatic heterocycles. The van der Waals surface area contributed by atoms with Gasteiger partial charge in [0, 0.05) is 23.3 Å². The Bertz CT molecular complexity index is 545. The van der Waals surface area contributed by atoms with Crippen LogP contribution in [0, 0.1) is 13.8 Å². The minimum atomic E-state index is -0.110. The first-order valence-electron chi connectivity index (χ1n) is 6.48. The van der Waals surface area contributed by atoms with E-state index in [1.54, 1.807) is 0 Å². The van der Waals surface area contributed by atoms with Crippen LogP contribution in [0.3, 0.4) is 0 Å². The van der Waals surface area contributed by atoms with E-state index in [0.717, 1.165) is 30.1 Å². The second-order valence-electron chi connectivity index (χ2n) is 4.89. The first-order valence-corrected chi connectivity index (χ1v) is 6.48. The van der Waals surface area contributed by atoms with Gasteiger partial charge in [-0.25, -0.2) is 4.98 Å². The summed E-state index contributed by atoms with van der Waals surface area (Å²) in [6.45, 7) is 8.90. The van der Waals surface area contributed by atoms with Gasteiger partial charge in [-0.05, 0) is 32.8 Å². The molecule has 0 aliphatic rings. The van der Waals surface area contributed by atoms with Crippen LogP contribution in [0.15, 0.2) is 6.07 Å². The summed E-state index contributed by atoms with van der Waals surface area (Å²) >= 11 is 0. The molecule has 0 bridgehead atoms. The van der Waals surface area contributed by atoms with Crippen molar-refractivity contribution in [3.63, 3.8) is 0 Å². The molecule has 0 atom stereocenters. The molecule has 0 aromatic carbocycles. The molecule has 0 fully saturated rings. The van der Waals surface area contributed by atoms with Gasteiger partial charge in [0.05, 0.1) is 0 Å². The smallest absolute Gasteiger partial charge is 0.255 e. The van der Waals surface area contributed by atoms with Crippen molar-refractivity contribution in [2.45, 2.75) is 46.0 Å². The average molecular weight is 247 g/mol. The Labute approximate surface area is 107 Å².